The summed E-state index contributed by atoms with van der Waals surface area (Å²) in [7, 11) is 3.90. The first kappa shape index (κ1) is 21.6. The van der Waals surface area contributed by atoms with Gasteiger partial charge in [0, 0.05) is 12.1 Å². The minimum Gasteiger partial charge on any atom is -0.507 e. The summed E-state index contributed by atoms with van der Waals surface area (Å²) in [5.74, 6) is -0.416. The standard InChI is InChI=1S/C23H28N2O5/c1-4-14-29-17-10-8-16(9-11-17)21(26)19-20(18-7-5-15-30-18)25(23(28)22(19)27)13-6-12-24(2)3/h5,7-11,15,20,26H,4,6,12-14H2,1-3H3/t20-/m0/s1. The molecule has 1 amide bonds. The Balaban J connectivity index is 1.95. The quantitative estimate of drug-likeness (QED) is 0.386. The van der Waals surface area contributed by atoms with Gasteiger partial charge in [-0.3, -0.25) is 9.59 Å². The van der Waals surface area contributed by atoms with Crippen molar-refractivity contribution in [2.24, 2.45) is 0 Å². The van der Waals surface area contributed by atoms with Gasteiger partial charge in [0.25, 0.3) is 11.7 Å². The molecule has 3 rings (SSSR count). The molecule has 2 aromatic rings. The molecule has 0 saturated carbocycles. The van der Waals surface area contributed by atoms with E-state index in [9.17, 15) is 14.7 Å². The Kier molecular flexibility index (Phi) is 6.95. The zero-order valence-corrected chi connectivity index (χ0v) is 17.6. The molecule has 1 aliphatic heterocycles. The molecule has 0 radical (unpaired) electrons. The van der Waals surface area contributed by atoms with Crippen molar-refractivity contribution in [3.05, 3.63) is 59.6 Å². The number of aliphatic hydroxyl groups is 1. The van der Waals surface area contributed by atoms with Gasteiger partial charge in [-0.25, -0.2) is 0 Å². The summed E-state index contributed by atoms with van der Waals surface area (Å²) >= 11 is 0. The molecule has 1 fully saturated rings. The van der Waals surface area contributed by atoms with Gasteiger partial charge in [0.15, 0.2) is 0 Å². The second-order valence-electron chi connectivity index (χ2n) is 7.54. The predicted octanol–water partition coefficient (Wildman–Crippen LogP) is 3.44. The third-order valence-electron chi connectivity index (χ3n) is 4.96. The van der Waals surface area contributed by atoms with E-state index in [4.69, 9.17) is 9.15 Å². The number of amides is 1. The summed E-state index contributed by atoms with van der Waals surface area (Å²) in [6.45, 7) is 3.77. The van der Waals surface area contributed by atoms with Crippen LogP contribution in [-0.2, 0) is 9.59 Å². The van der Waals surface area contributed by atoms with Crippen LogP contribution >= 0.6 is 0 Å². The Morgan fingerprint density at radius 3 is 2.53 bits per heavy atom. The zero-order chi connectivity index (χ0) is 21.7. The van der Waals surface area contributed by atoms with E-state index in [1.165, 1.54) is 11.2 Å². The molecule has 30 heavy (non-hydrogen) atoms. The monoisotopic (exact) mass is 412 g/mol. The number of likely N-dealkylation sites (tertiary alicyclic amines) is 1. The van der Waals surface area contributed by atoms with Crippen LogP contribution in [0.3, 0.4) is 0 Å². The van der Waals surface area contributed by atoms with Gasteiger partial charge in [0.2, 0.25) is 0 Å². The van der Waals surface area contributed by atoms with Crippen LogP contribution < -0.4 is 4.74 Å². The number of hydrogen-bond donors (Lipinski definition) is 1. The molecule has 160 valence electrons. The van der Waals surface area contributed by atoms with Crippen LogP contribution in [-0.4, -0.2) is 60.4 Å². The number of benzene rings is 1. The lowest BCUT2D eigenvalue weighted by atomic mass is 9.99. The molecule has 2 heterocycles. The Labute approximate surface area is 176 Å². The number of nitrogens with zero attached hydrogens (tertiary/aromatic N) is 2. The van der Waals surface area contributed by atoms with Crippen LogP contribution in [0.15, 0.2) is 52.7 Å². The number of aliphatic hydroxyl groups excluding tert-OH is 1. The number of carbonyl (C=O) groups is 2. The molecule has 7 heteroatoms. The van der Waals surface area contributed by atoms with E-state index in [1.807, 2.05) is 25.9 Å². The van der Waals surface area contributed by atoms with Crippen LogP contribution in [0.4, 0.5) is 0 Å². The first-order valence-corrected chi connectivity index (χ1v) is 10.1. The SMILES string of the molecule is CCCOc1ccc(C(O)=C2C(=O)C(=O)N(CCCN(C)C)[C@H]2c2ccco2)cc1. The van der Waals surface area contributed by atoms with Crippen molar-refractivity contribution in [1.29, 1.82) is 0 Å². The van der Waals surface area contributed by atoms with E-state index in [0.29, 0.717) is 36.6 Å². The molecule has 0 bridgehead atoms. The lowest BCUT2D eigenvalue weighted by molar-refractivity contribution is -0.140. The van der Waals surface area contributed by atoms with Crippen LogP contribution in [0.2, 0.25) is 0 Å². The Morgan fingerprint density at radius 2 is 1.93 bits per heavy atom. The van der Waals surface area contributed by atoms with E-state index in [2.05, 4.69) is 0 Å². The number of ketones is 1. The number of furan rings is 1. The summed E-state index contributed by atoms with van der Waals surface area (Å²) in [6, 6.07) is 9.50. The molecule has 1 N–H and O–H groups in total. The Bertz CT molecular complexity index is 900. The zero-order valence-electron chi connectivity index (χ0n) is 17.6. The predicted molar refractivity (Wildman–Crippen MR) is 113 cm³/mol. The lowest BCUT2D eigenvalue weighted by Gasteiger charge is -2.24. The maximum atomic E-state index is 12.9. The summed E-state index contributed by atoms with van der Waals surface area (Å²) in [5, 5.41) is 11.0. The average molecular weight is 412 g/mol. The van der Waals surface area contributed by atoms with Gasteiger partial charge < -0.3 is 24.1 Å². The van der Waals surface area contributed by atoms with E-state index >= 15 is 0 Å². The topological polar surface area (TPSA) is 83.2 Å². The van der Waals surface area contributed by atoms with E-state index in [1.54, 1.807) is 36.4 Å². The number of Topliss-reactive ketones (excluding diaryl/α,β-unsaturated/α-hetero) is 1. The average Bonchev–Trinajstić information content (AvgIpc) is 3.34. The molecular weight excluding hydrogens is 384 g/mol. The van der Waals surface area contributed by atoms with Crippen molar-refractivity contribution < 1.29 is 23.8 Å². The fourth-order valence-corrected chi connectivity index (χ4v) is 3.50. The highest BCUT2D eigenvalue weighted by Crippen LogP contribution is 2.39. The summed E-state index contributed by atoms with van der Waals surface area (Å²) in [5.41, 5.74) is 0.490. The number of ether oxygens (including phenoxy) is 1. The van der Waals surface area contributed by atoms with E-state index in [0.717, 1.165) is 13.0 Å². The third kappa shape index (κ3) is 4.57. The molecule has 1 aromatic carbocycles. The molecule has 0 spiro atoms. The van der Waals surface area contributed by atoms with Gasteiger partial charge in [-0.1, -0.05) is 6.92 Å². The van der Waals surface area contributed by atoms with Gasteiger partial charge in [0.1, 0.15) is 23.3 Å². The van der Waals surface area contributed by atoms with Gasteiger partial charge >= 0.3 is 0 Å². The highest BCUT2D eigenvalue weighted by atomic mass is 16.5. The number of hydrogen-bond acceptors (Lipinski definition) is 6. The second-order valence-corrected chi connectivity index (χ2v) is 7.54. The summed E-state index contributed by atoms with van der Waals surface area (Å²) < 4.78 is 11.1. The second kappa shape index (κ2) is 9.63. The Hall–Kier alpha value is -3.06. The smallest absolute Gasteiger partial charge is 0.295 e. The van der Waals surface area contributed by atoms with E-state index < -0.39 is 17.7 Å². The fraction of sp³-hybridized carbons (Fsp3) is 0.391. The van der Waals surface area contributed by atoms with Crippen molar-refractivity contribution in [3.63, 3.8) is 0 Å². The van der Waals surface area contributed by atoms with Gasteiger partial charge in [-0.15, -0.1) is 0 Å². The van der Waals surface area contributed by atoms with Crippen molar-refractivity contribution in [2.75, 3.05) is 33.8 Å². The number of carbonyl (C=O) groups excluding carboxylic acids is 2. The first-order chi connectivity index (χ1) is 14.4. The molecule has 1 atom stereocenters. The minimum absolute atomic E-state index is 0.0435. The number of rotatable bonds is 9. The minimum atomic E-state index is -0.752. The molecule has 1 aliphatic rings. The largest absolute Gasteiger partial charge is 0.507 e. The molecule has 1 saturated heterocycles. The van der Waals surface area contributed by atoms with Crippen LogP contribution in [0.5, 0.6) is 5.75 Å². The molecule has 7 nitrogen and oxygen atoms in total. The Morgan fingerprint density at radius 1 is 1.20 bits per heavy atom. The van der Waals surface area contributed by atoms with Crippen molar-refractivity contribution in [3.8, 4) is 5.75 Å². The van der Waals surface area contributed by atoms with Gasteiger partial charge in [-0.05, 0) is 69.9 Å². The van der Waals surface area contributed by atoms with Crippen LogP contribution in [0, 0.1) is 0 Å². The molecule has 1 aromatic heterocycles. The first-order valence-electron chi connectivity index (χ1n) is 10.1. The van der Waals surface area contributed by atoms with Gasteiger partial charge in [-0.2, -0.15) is 0 Å². The highest BCUT2D eigenvalue weighted by Gasteiger charge is 2.47. The van der Waals surface area contributed by atoms with Crippen LogP contribution in [0.25, 0.3) is 5.76 Å². The lowest BCUT2D eigenvalue weighted by Crippen LogP contribution is -2.32. The van der Waals surface area contributed by atoms with Crippen molar-refractivity contribution >= 4 is 17.4 Å². The molecule has 0 aliphatic carbocycles. The summed E-state index contributed by atoms with van der Waals surface area (Å²) in [6.07, 6.45) is 3.08. The fourth-order valence-electron chi connectivity index (χ4n) is 3.50. The summed E-state index contributed by atoms with van der Waals surface area (Å²) in [4.78, 5) is 29.1. The third-order valence-corrected chi connectivity index (χ3v) is 4.96. The normalized spacial score (nSPS) is 18.4. The molecule has 0 unspecified atom stereocenters. The molecular formula is C23H28N2O5. The van der Waals surface area contributed by atoms with E-state index in [-0.39, 0.29) is 11.3 Å². The van der Waals surface area contributed by atoms with Crippen molar-refractivity contribution in [1.82, 2.24) is 9.80 Å². The van der Waals surface area contributed by atoms with Crippen LogP contribution in [0.1, 0.15) is 37.1 Å². The van der Waals surface area contributed by atoms with Gasteiger partial charge in [0.05, 0.1) is 18.4 Å². The maximum Gasteiger partial charge on any atom is 0.295 e. The maximum absolute atomic E-state index is 12.9. The highest BCUT2D eigenvalue weighted by molar-refractivity contribution is 6.46. The van der Waals surface area contributed by atoms with Crippen molar-refractivity contribution in [2.45, 2.75) is 25.8 Å².